The van der Waals surface area contributed by atoms with E-state index in [-0.39, 0.29) is 16.9 Å². The standard InChI is InChI=1S/C10H18N2O2/c1-7(13)14-8-9(2,3)10(4,5)12(6)11-8/h1-6H3. The van der Waals surface area contributed by atoms with Gasteiger partial charge in [-0.05, 0) is 27.7 Å². The summed E-state index contributed by atoms with van der Waals surface area (Å²) < 4.78 is 5.10. The van der Waals surface area contributed by atoms with Crippen LogP contribution in [0.2, 0.25) is 0 Å². The van der Waals surface area contributed by atoms with Crippen LogP contribution in [0.1, 0.15) is 34.6 Å². The molecule has 1 rings (SSSR count). The van der Waals surface area contributed by atoms with Crippen LogP contribution >= 0.6 is 0 Å². The first-order valence-corrected chi connectivity index (χ1v) is 4.71. The van der Waals surface area contributed by atoms with Crippen LogP contribution in [0.3, 0.4) is 0 Å². The highest BCUT2D eigenvalue weighted by Gasteiger charge is 2.51. The van der Waals surface area contributed by atoms with Crippen LogP contribution in [-0.2, 0) is 9.53 Å². The predicted molar refractivity (Wildman–Crippen MR) is 54.8 cm³/mol. The fourth-order valence-electron chi connectivity index (χ4n) is 1.34. The lowest BCUT2D eigenvalue weighted by Gasteiger charge is -2.38. The molecule has 0 amide bonds. The number of esters is 1. The third-order valence-electron chi connectivity index (χ3n) is 3.35. The maximum atomic E-state index is 10.9. The Hall–Kier alpha value is -1.06. The van der Waals surface area contributed by atoms with Gasteiger partial charge in [-0.3, -0.25) is 9.80 Å². The third-order valence-corrected chi connectivity index (χ3v) is 3.35. The van der Waals surface area contributed by atoms with Gasteiger partial charge in [0.1, 0.15) is 0 Å². The Labute approximate surface area is 84.9 Å². The molecule has 80 valence electrons. The van der Waals surface area contributed by atoms with Crippen molar-refractivity contribution in [3.8, 4) is 0 Å². The molecular formula is C10H18N2O2. The van der Waals surface area contributed by atoms with Crippen molar-refractivity contribution < 1.29 is 9.53 Å². The van der Waals surface area contributed by atoms with E-state index in [1.807, 2.05) is 25.9 Å². The quantitative estimate of drug-likeness (QED) is 0.555. The van der Waals surface area contributed by atoms with Gasteiger partial charge in [-0.15, -0.1) is 5.10 Å². The maximum Gasteiger partial charge on any atom is 0.309 e. The Bertz CT molecular complexity index is 292. The Morgan fingerprint density at radius 3 is 2.14 bits per heavy atom. The molecule has 0 aromatic carbocycles. The van der Waals surface area contributed by atoms with E-state index in [2.05, 4.69) is 18.9 Å². The molecule has 0 saturated carbocycles. The van der Waals surface area contributed by atoms with Crippen LogP contribution in [0.25, 0.3) is 0 Å². The van der Waals surface area contributed by atoms with Crippen LogP contribution in [0, 0.1) is 5.41 Å². The van der Waals surface area contributed by atoms with E-state index in [9.17, 15) is 4.79 Å². The summed E-state index contributed by atoms with van der Waals surface area (Å²) in [7, 11) is 1.89. The van der Waals surface area contributed by atoms with E-state index < -0.39 is 0 Å². The van der Waals surface area contributed by atoms with Crippen LogP contribution in [0.4, 0.5) is 0 Å². The number of carbonyl (C=O) groups excluding carboxylic acids is 1. The average molecular weight is 198 g/mol. The number of carbonyl (C=O) groups is 1. The molecule has 14 heavy (non-hydrogen) atoms. The van der Waals surface area contributed by atoms with Crippen LogP contribution in [-0.4, -0.2) is 29.5 Å². The fraction of sp³-hybridized carbons (Fsp3) is 0.800. The summed E-state index contributed by atoms with van der Waals surface area (Å²) in [4.78, 5) is 10.9. The van der Waals surface area contributed by atoms with Crippen LogP contribution < -0.4 is 0 Å². The molecule has 0 aromatic heterocycles. The lowest BCUT2D eigenvalue weighted by Crippen LogP contribution is -2.48. The molecule has 0 N–H and O–H groups in total. The minimum Gasteiger partial charge on any atom is -0.409 e. The van der Waals surface area contributed by atoms with Crippen LogP contribution in [0.15, 0.2) is 5.10 Å². The van der Waals surface area contributed by atoms with E-state index >= 15 is 0 Å². The third kappa shape index (κ3) is 1.38. The molecule has 0 radical (unpaired) electrons. The number of hydrazone groups is 1. The Morgan fingerprint density at radius 1 is 1.36 bits per heavy atom. The largest absolute Gasteiger partial charge is 0.409 e. The Kier molecular flexibility index (Phi) is 2.34. The molecule has 4 nitrogen and oxygen atoms in total. The van der Waals surface area contributed by atoms with E-state index in [0.717, 1.165) is 0 Å². The van der Waals surface area contributed by atoms with Gasteiger partial charge in [0.2, 0.25) is 5.90 Å². The van der Waals surface area contributed by atoms with Crippen molar-refractivity contribution in [3.05, 3.63) is 0 Å². The zero-order valence-corrected chi connectivity index (χ0v) is 9.71. The SMILES string of the molecule is CC(=O)OC1=NN(C)C(C)(C)C1(C)C. The summed E-state index contributed by atoms with van der Waals surface area (Å²) >= 11 is 0. The topological polar surface area (TPSA) is 41.9 Å². The highest BCUT2D eigenvalue weighted by molar-refractivity contribution is 5.93. The summed E-state index contributed by atoms with van der Waals surface area (Å²) in [5.41, 5.74) is -0.398. The molecule has 1 aliphatic heterocycles. The second kappa shape index (κ2) is 2.97. The second-order valence-corrected chi connectivity index (χ2v) is 4.71. The van der Waals surface area contributed by atoms with Gasteiger partial charge in [-0.1, -0.05) is 0 Å². The number of hydrogen-bond acceptors (Lipinski definition) is 4. The lowest BCUT2D eigenvalue weighted by molar-refractivity contribution is -0.133. The predicted octanol–water partition coefficient (Wildman–Crippen LogP) is 1.61. The first-order chi connectivity index (χ1) is 6.19. The van der Waals surface area contributed by atoms with E-state index in [4.69, 9.17) is 4.74 Å². The molecule has 0 fully saturated rings. The minimum absolute atomic E-state index is 0.141. The molecule has 0 atom stereocenters. The monoisotopic (exact) mass is 198 g/mol. The molecule has 0 aromatic rings. The molecule has 1 aliphatic rings. The first-order valence-electron chi connectivity index (χ1n) is 4.71. The Morgan fingerprint density at radius 2 is 1.86 bits per heavy atom. The van der Waals surface area contributed by atoms with Crippen LogP contribution in [0.5, 0.6) is 0 Å². The second-order valence-electron chi connectivity index (χ2n) is 4.71. The van der Waals surface area contributed by atoms with Gasteiger partial charge < -0.3 is 4.74 Å². The summed E-state index contributed by atoms with van der Waals surface area (Å²) in [6, 6.07) is 0. The number of ether oxygens (including phenoxy) is 1. The van der Waals surface area contributed by atoms with Crippen molar-refractivity contribution in [2.45, 2.75) is 40.2 Å². The van der Waals surface area contributed by atoms with E-state index in [0.29, 0.717) is 5.90 Å². The average Bonchev–Trinajstić information content (AvgIpc) is 2.12. The number of hydrogen-bond donors (Lipinski definition) is 0. The zero-order valence-electron chi connectivity index (χ0n) is 9.71. The maximum absolute atomic E-state index is 10.9. The molecule has 0 spiro atoms. The lowest BCUT2D eigenvalue weighted by atomic mass is 9.75. The van der Waals surface area contributed by atoms with E-state index in [1.165, 1.54) is 6.92 Å². The highest BCUT2D eigenvalue weighted by atomic mass is 16.5. The molecule has 0 aliphatic carbocycles. The minimum atomic E-state index is -0.317. The highest BCUT2D eigenvalue weighted by Crippen LogP contribution is 2.41. The van der Waals surface area contributed by atoms with Gasteiger partial charge in [0.25, 0.3) is 0 Å². The van der Waals surface area contributed by atoms with Gasteiger partial charge in [-0.25, -0.2) is 0 Å². The smallest absolute Gasteiger partial charge is 0.309 e. The van der Waals surface area contributed by atoms with Crippen molar-refractivity contribution >= 4 is 11.9 Å². The summed E-state index contributed by atoms with van der Waals surface area (Å²) in [6.07, 6.45) is 0. The molecule has 0 unspecified atom stereocenters. The van der Waals surface area contributed by atoms with Crippen molar-refractivity contribution in [2.24, 2.45) is 10.5 Å². The first kappa shape index (κ1) is 11.0. The molecule has 0 saturated heterocycles. The summed E-state index contributed by atoms with van der Waals surface area (Å²) in [5.74, 6) is 0.181. The zero-order chi connectivity index (χ0) is 11.1. The van der Waals surface area contributed by atoms with Gasteiger partial charge in [0.05, 0.1) is 11.0 Å². The molecule has 4 heteroatoms. The van der Waals surface area contributed by atoms with E-state index in [1.54, 1.807) is 0 Å². The molecular weight excluding hydrogens is 180 g/mol. The van der Waals surface area contributed by atoms with Gasteiger partial charge in [0, 0.05) is 14.0 Å². The van der Waals surface area contributed by atoms with Crippen molar-refractivity contribution in [2.75, 3.05) is 7.05 Å². The van der Waals surface area contributed by atoms with Crippen molar-refractivity contribution in [1.82, 2.24) is 5.01 Å². The fourth-order valence-corrected chi connectivity index (χ4v) is 1.34. The van der Waals surface area contributed by atoms with Gasteiger partial charge in [-0.2, -0.15) is 0 Å². The number of nitrogens with zero attached hydrogens (tertiary/aromatic N) is 2. The van der Waals surface area contributed by atoms with Crippen molar-refractivity contribution in [1.29, 1.82) is 0 Å². The van der Waals surface area contributed by atoms with Crippen molar-refractivity contribution in [3.63, 3.8) is 0 Å². The van der Waals surface area contributed by atoms with Gasteiger partial charge >= 0.3 is 5.97 Å². The summed E-state index contributed by atoms with van der Waals surface area (Å²) in [6.45, 7) is 9.60. The molecule has 1 heterocycles. The molecule has 0 bridgehead atoms. The number of rotatable bonds is 0. The Balaban J connectivity index is 3.00. The van der Waals surface area contributed by atoms with Gasteiger partial charge in [0.15, 0.2) is 0 Å². The summed E-state index contributed by atoms with van der Waals surface area (Å²) in [5, 5.41) is 6.08. The normalized spacial score (nSPS) is 23.3.